The van der Waals surface area contributed by atoms with E-state index in [9.17, 15) is 14.7 Å². The highest BCUT2D eigenvalue weighted by Crippen LogP contribution is 2.70. The van der Waals surface area contributed by atoms with Crippen LogP contribution in [0, 0.1) is 34.5 Å². The van der Waals surface area contributed by atoms with Gasteiger partial charge in [-0.2, -0.15) is 0 Å². The van der Waals surface area contributed by atoms with Gasteiger partial charge in [0.2, 0.25) is 0 Å². The maximum Gasteiger partial charge on any atom is 0.146 e. The van der Waals surface area contributed by atoms with Crippen molar-refractivity contribution in [1.82, 2.24) is 0 Å². The predicted octanol–water partition coefficient (Wildman–Crippen LogP) is 2.91. The van der Waals surface area contributed by atoms with Crippen molar-refractivity contribution in [2.24, 2.45) is 34.5 Å². The zero-order valence-corrected chi connectivity index (χ0v) is 14.0. The standard InChI is InChI=1S/C19H26O3/c1-10-7-12-14(17(12,3)4)9-19(22)11(2)8-13-15(20)5-6-18(13,19)16(10)21/h8,10,12-14,22H,5-7,9H2,1-4H3/t10-,12-,13+,14+,18-,19+/m1/s1. The molecule has 4 aliphatic carbocycles. The van der Waals surface area contributed by atoms with Crippen LogP contribution in [0.1, 0.15) is 53.4 Å². The summed E-state index contributed by atoms with van der Waals surface area (Å²) in [4.78, 5) is 25.7. The number of carbonyl (C=O) groups is 2. The molecule has 0 radical (unpaired) electrons. The third-order valence-corrected chi connectivity index (χ3v) is 7.75. The topological polar surface area (TPSA) is 54.4 Å². The molecule has 0 heterocycles. The molecule has 0 amide bonds. The summed E-state index contributed by atoms with van der Waals surface area (Å²) in [6.45, 7) is 8.43. The van der Waals surface area contributed by atoms with Gasteiger partial charge in [0, 0.05) is 12.3 Å². The zero-order valence-electron chi connectivity index (χ0n) is 14.0. The molecule has 0 aliphatic heterocycles. The normalized spacial score (nSPS) is 52.3. The van der Waals surface area contributed by atoms with Gasteiger partial charge in [-0.05, 0) is 49.0 Å². The van der Waals surface area contributed by atoms with Crippen molar-refractivity contribution in [2.45, 2.75) is 59.0 Å². The minimum Gasteiger partial charge on any atom is -0.384 e. The molecule has 4 rings (SSSR count). The molecule has 3 fully saturated rings. The van der Waals surface area contributed by atoms with Crippen LogP contribution in [0.4, 0.5) is 0 Å². The molecular formula is C19H26O3. The Morgan fingerprint density at radius 2 is 1.91 bits per heavy atom. The molecule has 120 valence electrons. The lowest BCUT2D eigenvalue weighted by molar-refractivity contribution is -0.153. The Hall–Kier alpha value is -0.960. The second-order valence-corrected chi connectivity index (χ2v) is 8.86. The number of aliphatic hydroxyl groups is 1. The van der Waals surface area contributed by atoms with E-state index < -0.39 is 11.0 Å². The van der Waals surface area contributed by atoms with Gasteiger partial charge in [-0.25, -0.2) is 0 Å². The highest BCUT2D eigenvalue weighted by Gasteiger charge is 2.72. The van der Waals surface area contributed by atoms with Crippen molar-refractivity contribution in [3.63, 3.8) is 0 Å². The molecule has 22 heavy (non-hydrogen) atoms. The summed E-state index contributed by atoms with van der Waals surface area (Å²) in [5, 5.41) is 11.6. The first-order chi connectivity index (χ1) is 10.2. The van der Waals surface area contributed by atoms with E-state index in [-0.39, 0.29) is 28.8 Å². The molecule has 4 aliphatic rings. The summed E-state index contributed by atoms with van der Waals surface area (Å²) in [6.07, 6.45) is 4.44. The number of hydrogen-bond donors (Lipinski definition) is 1. The molecule has 3 nitrogen and oxygen atoms in total. The van der Waals surface area contributed by atoms with E-state index in [0.717, 1.165) is 12.0 Å². The Labute approximate surface area is 132 Å². The predicted molar refractivity (Wildman–Crippen MR) is 83.0 cm³/mol. The zero-order chi connectivity index (χ0) is 16.1. The first-order valence-corrected chi connectivity index (χ1v) is 8.64. The van der Waals surface area contributed by atoms with Gasteiger partial charge in [0.25, 0.3) is 0 Å². The monoisotopic (exact) mass is 302 g/mol. The fraction of sp³-hybridized carbons (Fsp3) is 0.789. The molecule has 1 N–H and O–H groups in total. The number of allylic oxidation sites excluding steroid dienone is 1. The van der Waals surface area contributed by atoms with Crippen LogP contribution in [0.5, 0.6) is 0 Å². The maximum atomic E-state index is 13.3. The molecule has 0 aromatic heterocycles. The molecule has 6 atom stereocenters. The van der Waals surface area contributed by atoms with Crippen LogP contribution in [0.25, 0.3) is 0 Å². The van der Waals surface area contributed by atoms with Gasteiger partial charge in [-0.15, -0.1) is 0 Å². The van der Waals surface area contributed by atoms with Crippen molar-refractivity contribution in [3.05, 3.63) is 11.6 Å². The summed E-state index contributed by atoms with van der Waals surface area (Å²) in [5.41, 5.74) is -0.908. The van der Waals surface area contributed by atoms with Gasteiger partial charge in [0.1, 0.15) is 11.6 Å². The van der Waals surface area contributed by atoms with E-state index in [2.05, 4.69) is 13.8 Å². The first-order valence-electron chi connectivity index (χ1n) is 8.64. The van der Waals surface area contributed by atoms with E-state index in [1.807, 2.05) is 19.9 Å². The summed E-state index contributed by atoms with van der Waals surface area (Å²) in [7, 11) is 0. The molecule has 0 aromatic carbocycles. The number of Topliss-reactive ketones (excluding diaryl/α,β-unsaturated/α-hetero) is 2. The second kappa shape index (κ2) is 3.92. The Morgan fingerprint density at radius 1 is 1.23 bits per heavy atom. The summed E-state index contributed by atoms with van der Waals surface area (Å²) >= 11 is 0. The second-order valence-electron chi connectivity index (χ2n) is 8.86. The highest BCUT2D eigenvalue weighted by molar-refractivity contribution is 6.00. The number of carbonyl (C=O) groups excluding carboxylic acids is 2. The van der Waals surface area contributed by atoms with Crippen molar-refractivity contribution in [1.29, 1.82) is 0 Å². The summed E-state index contributed by atoms with van der Waals surface area (Å²) in [6, 6.07) is 0. The lowest BCUT2D eigenvalue weighted by Crippen LogP contribution is -2.55. The van der Waals surface area contributed by atoms with Crippen LogP contribution >= 0.6 is 0 Å². The quantitative estimate of drug-likeness (QED) is 0.700. The average molecular weight is 302 g/mol. The van der Waals surface area contributed by atoms with Crippen LogP contribution in [0.15, 0.2) is 11.6 Å². The van der Waals surface area contributed by atoms with E-state index in [1.54, 1.807) is 0 Å². The van der Waals surface area contributed by atoms with E-state index in [4.69, 9.17) is 0 Å². The Kier molecular flexibility index (Phi) is 2.61. The van der Waals surface area contributed by atoms with Crippen LogP contribution < -0.4 is 0 Å². The van der Waals surface area contributed by atoms with Gasteiger partial charge in [0.15, 0.2) is 0 Å². The van der Waals surface area contributed by atoms with Crippen LogP contribution in [-0.2, 0) is 9.59 Å². The number of hydrogen-bond acceptors (Lipinski definition) is 3. The van der Waals surface area contributed by atoms with Gasteiger partial charge >= 0.3 is 0 Å². The largest absolute Gasteiger partial charge is 0.384 e. The smallest absolute Gasteiger partial charge is 0.146 e. The summed E-state index contributed by atoms with van der Waals surface area (Å²) in [5.74, 6) is 0.822. The van der Waals surface area contributed by atoms with Crippen molar-refractivity contribution in [3.8, 4) is 0 Å². The van der Waals surface area contributed by atoms with E-state index in [1.165, 1.54) is 0 Å². The SMILES string of the molecule is CC1=C[C@H]2C(=O)CC[C@]23C(=O)[C@H](C)C[C@@H]2[C@H](C[C@]13O)C2(C)C. The fourth-order valence-corrected chi connectivity index (χ4v) is 6.15. The van der Waals surface area contributed by atoms with E-state index in [0.29, 0.717) is 31.1 Å². The van der Waals surface area contributed by atoms with E-state index >= 15 is 0 Å². The van der Waals surface area contributed by atoms with Crippen molar-refractivity contribution < 1.29 is 14.7 Å². The summed E-state index contributed by atoms with van der Waals surface area (Å²) < 4.78 is 0. The van der Waals surface area contributed by atoms with Gasteiger partial charge in [0.05, 0.1) is 16.9 Å². The van der Waals surface area contributed by atoms with Gasteiger partial charge in [-0.3, -0.25) is 9.59 Å². The van der Waals surface area contributed by atoms with Gasteiger partial charge in [-0.1, -0.05) is 26.8 Å². The number of ketones is 2. The van der Waals surface area contributed by atoms with Crippen molar-refractivity contribution >= 4 is 11.6 Å². The third-order valence-electron chi connectivity index (χ3n) is 7.75. The third kappa shape index (κ3) is 1.38. The fourth-order valence-electron chi connectivity index (χ4n) is 6.15. The molecule has 0 aromatic rings. The van der Waals surface area contributed by atoms with Gasteiger partial charge < -0.3 is 5.11 Å². The Bertz CT molecular complexity index is 616. The number of fused-ring (bicyclic) bond motifs is 1. The molecule has 0 bridgehead atoms. The van der Waals surface area contributed by atoms with Crippen molar-refractivity contribution in [2.75, 3.05) is 0 Å². The lowest BCUT2D eigenvalue weighted by atomic mass is 9.59. The average Bonchev–Trinajstić information content (AvgIpc) is 2.72. The molecule has 3 heteroatoms. The maximum absolute atomic E-state index is 13.3. The van der Waals surface area contributed by atoms with Crippen LogP contribution in [-0.4, -0.2) is 22.3 Å². The minimum atomic E-state index is -1.10. The Balaban J connectivity index is 1.87. The lowest BCUT2D eigenvalue weighted by Gasteiger charge is -2.45. The van der Waals surface area contributed by atoms with Crippen LogP contribution in [0.3, 0.4) is 0 Å². The molecule has 0 unspecified atom stereocenters. The number of rotatable bonds is 0. The minimum absolute atomic E-state index is 0.0613. The first kappa shape index (κ1) is 14.6. The molecule has 1 spiro atoms. The highest BCUT2D eigenvalue weighted by atomic mass is 16.3. The molecular weight excluding hydrogens is 276 g/mol. The Morgan fingerprint density at radius 3 is 2.59 bits per heavy atom. The molecule has 3 saturated carbocycles. The molecule has 0 saturated heterocycles. The van der Waals surface area contributed by atoms with Crippen LogP contribution in [0.2, 0.25) is 0 Å².